The van der Waals surface area contributed by atoms with E-state index in [1.165, 1.54) is 41.5 Å². The zero-order chi connectivity index (χ0) is 15.7. The van der Waals surface area contributed by atoms with Crippen molar-refractivity contribution in [3.63, 3.8) is 0 Å². The maximum atomic E-state index is 3.45. The largest absolute Gasteiger partial charge is 0.384 e. The highest BCUT2D eigenvalue weighted by Crippen LogP contribution is 2.53. The van der Waals surface area contributed by atoms with E-state index in [2.05, 4.69) is 81.0 Å². The zero-order valence-corrected chi connectivity index (χ0v) is 14.7. The van der Waals surface area contributed by atoms with Crippen molar-refractivity contribution >= 4 is 32.5 Å². The van der Waals surface area contributed by atoms with E-state index in [1.54, 1.807) is 5.56 Å². The second kappa shape index (κ2) is 6.04. The van der Waals surface area contributed by atoms with Crippen LogP contribution in [-0.4, -0.2) is 16.9 Å². The first-order valence-electron chi connectivity index (χ1n) is 8.27. The molecule has 2 aliphatic rings. The number of halogens is 1. The second-order valence-corrected chi connectivity index (χ2v) is 7.27. The van der Waals surface area contributed by atoms with Gasteiger partial charge in [0.25, 0.3) is 0 Å². The van der Waals surface area contributed by atoms with Crippen LogP contribution in [0, 0.1) is 0 Å². The molecule has 3 aromatic rings. The fraction of sp³-hybridized carbons (Fsp3) is 0.300. The number of para-hydroxylation sites is 2. The maximum Gasteiger partial charge on any atom is 0.0456 e. The van der Waals surface area contributed by atoms with Gasteiger partial charge in [0.15, 0.2) is 0 Å². The lowest BCUT2D eigenvalue weighted by Crippen LogP contribution is -2.07. The minimum absolute atomic E-state index is 0.566. The van der Waals surface area contributed by atoms with Crippen LogP contribution < -0.4 is 5.32 Å². The second-order valence-electron chi connectivity index (χ2n) is 6.48. The SMILES string of the molecule is BrCCc1c[nH]c2ccccc12.c1ccc2c(c1)NCC21CC1. The normalized spacial score (nSPS) is 16.6. The lowest BCUT2D eigenvalue weighted by atomic mass is 9.99. The summed E-state index contributed by atoms with van der Waals surface area (Å²) in [7, 11) is 0. The van der Waals surface area contributed by atoms with E-state index < -0.39 is 0 Å². The van der Waals surface area contributed by atoms with Crippen molar-refractivity contribution in [3.8, 4) is 0 Å². The molecule has 0 radical (unpaired) electrons. The van der Waals surface area contributed by atoms with Crippen LogP contribution in [0.1, 0.15) is 24.0 Å². The van der Waals surface area contributed by atoms with Crippen LogP contribution in [0.15, 0.2) is 54.7 Å². The minimum Gasteiger partial charge on any atom is -0.384 e. The number of anilines is 1. The Morgan fingerprint density at radius 3 is 2.61 bits per heavy atom. The number of aromatic nitrogens is 1. The first-order valence-corrected chi connectivity index (χ1v) is 9.39. The standard InChI is InChI=1S/C10H10BrN.C10H11N/c11-6-5-8-7-12-10-4-2-1-3-9(8)10;1-2-4-9-8(3-1)10(5-6-10)7-11-9/h1-4,7,12H,5-6H2;1-4,11H,5-7H2. The third-order valence-electron chi connectivity index (χ3n) is 5.01. The van der Waals surface area contributed by atoms with Crippen LogP contribution in [0.3, 0.4) is 0 Å². The van der Waals surface area contributed by atoms with Gasteiger partial charge in [0.2, 0.25) is 0 Å². The van der Waals surface area contributed by atoms with Crippen molar-refractivity contribution in [2.24, 2.45) is 0 Å². The molecule has 2 aromatic carbocycles. The predicted molar refractivity (Wildman–Crippen MR) is 102 cm³/mol. The van der Waals surface area contributed by atoms with Gasteiger partial charge in [0.05, 0.1) is 0 Å². The Kier molecular flexibility index (Phi) is 3.90. The topological polar surface area (TPSA) is 27.8 Å². The van der Waals surface area contributed by atoms with Gasteiger partial charge in [-0.2, -0.15) is 0 Å². The molecular weight excluding hydrogens is 348 g/mol. The molecule has 0 atom stereocenters. The molecule has 0 bridgehead atoms. The van der Waals surface area contributed by atoms with E-state index in [9.17, 15) is 0 Å². The summed E-state index contributed by atoms with van der Waals surface area (Å²) >= 11 is 3.44. The third-order valence-corrected chi connectivity index (χ3v) is 5.40. The molecule has 2 N–H and O–H groups in total. The van der Waals surface area contributed by atoms with Crippen LogP contribution in [0.4, 0.5) is 5.69 Å². The quantitative estimate of drug-likeness (QED) is 0.594. The first-order chi connectivity index (χ1) is 11.3. The average molecular weight is 369 g/mol. The molecule has 5 rings (SSSR count). The van der Waals surface area contributed by atoms with Crippen LogP contribution >= 0.6 is 15.9 Å². The van der Waals surface area contributed by atoms with Gasteiger partial charge in [-0.25, -0.2) is 0 Å². The fourth-order valence-corrected chi connectivity index (χ4v) is 3.92. The molecule has 0 amide bonds. The Bertz CT molecular complexity index is 817. The van der Waals surface area contributed by atoms with Crippen LogP contribution in [0.5, 0.6) is 0 Å². The summed E-state index contributed by atoms with van der Waals surface area (Å²) in [4.78, 5) is 3.25. The van der Waals surface area contributed by atoms with E-state index in [0.717, 1.165) is 11.8 Å². The van der Waals surface area contributed by atoms with Crippen molar-refractivity contribution in [2.45, 2.75) is 24.7 Å². The number of hydrogen-bond donors (Lipinski definition) is 2. The molecule has 0 unspecified atom stereocenters. The van der Waals surface area contributed by atoms with Crippen LogP contribution in [-0.2, 0) is 11.8 Å². The number of hydrogen-bond acceptors (Lipinski definition) is 1. The molecule has 1 aliphatic heterocycles. The molecule has 1 aliphatic carbocycles. The minimum atomic E-state index is 0.566. The van der Waals surface area contributed by atoms with Crippen molar-refractivity contribution in [2.75, 3.05) is 17.2 Å². The Hall–Kier alpha value is -1.74. The van der Waals surface area contributed by atoms with Crippen molar-refractivity contribution in [1.29, 1.82) is 0 Å². The summed E-state index contributed by atoms with van der Waals surface area (Å²) in [6.07, 6.45) is 5.95. The van der Waals surface area contributed by atoms with Gasteiger partial charge in [-0.05, 0) is 42.5 Å². The highest BCUT2D eigenvalue weighted by molar-refractivity contribution is 9.09. The number of aromatic amines is 1. The van der Waals surface area contributed by atoms with E-state index >= 15 is 0 Å². The Morgan fingerprint density at radius 2 is 1.78 bits per heavy atom. The van der Waals surface area contributed by atoms with Crippen LogP contribution in [0.2, 0.25) is 0 Å². The average Bonchev–Trinajstić information content (AvgIpc) is 3.14. The zero-order valence-electron chi connectivity index (χ0n) is 13.1. The van der Waals surface area contributed by atoms with E-state index in [-0.39, 0.29) is 0 Å². The lowest BCUT2D eigenvalue weighted by molar-refractivity contribution is 0.778. The highest BCUT2D eigenvalue weighted by atomic mass is 79.9. The smallest absolute Gasteiger partial charge is 0.0456 e. The number of aryl methyl sites for hydroxylation is 1. The molecule has 23 heavy (non-hydrogen) atoms. The number of benzene rings is 2. The van der Waals surface area contributed by atoms with Crippen molar-refractivity contribution < 1.29 is 0 Å². The molecule has 0 saturated heterocycles. The van der Waals surface area contributed by atoms with Gasteiger partial charge in [0.1, 0.15) is 0 Å². The highest BCUT2D eigenvalue weighted by Gasteiger charge is 2.48. The number of rotatable bonds is 2. The maximum absolute atomic E-state index is 3.45. The number of nitrogens with one attached hydrogen (secondary N) is 2. The lowest BCUT2D eigenvalue weighted by Gasteiger charge is -2.03. The molecule has 1 fully saturated rings. The summed E-state index contributed by atoms with van der Waals surface area (Å²) in [6.45, 7) is 1.17. The molecule has 2 nitrogen and oxygen atoms in total. The number of H-pyrrole nitrogens is 1. The summed E-state index contributed by atoms with van der Waals surface area (Å²) in [6, 6.07) is 17.1. The summed E-state index contributed by atoms with van der Waals surface area (Å²) < 4.78 is 0. The van der Waals surface area contributed by atoms with Gasteiger partial charge < -0.3 is 10.3 Å². The molecular formula is C20H21BrN2. The van der Waals surface area contributed by atoms with Gasteiger partial charge in [0, 0.05) is 40.1 Å². The van der Waals surface area contributed by atoms with E-state index in [1.807, 2.05) is 0 Å². The van der Waals surface area contributed by atoms with E-state index in [4.69, 9.17) is 0 Å². The molecule has 1 saturated carbocycles. The monoisotopic (exact) mass is 368 g/mol. The van der Waals surface area contributed by atoms with Crippen molar-refractivity contribution in [1.82, 2.24) is 4.98 Å². The summed E-state index contributed by atoms with van der Waals surface area (Å²) in [5, 5.41) is 5.82. The Balaban J connectivity index is 0.000000118. The van der Waals surface area contributed by atoms with E-state index in [0.29, 0.717) is 5.41 Å². The number of fused-ring (bicyclic) bond motifs is 3. The van der Waals surface area contributed by atoms with Gasteiger partial charge in [-0.15, -0.1) is 0 Å². The van der Waals surface area contributed by atoms with Crippen molar-refractivity contribution in [3.05, 3.63) is 65.9 Å². The number of alkyl halides is 1. The molecule has 118 valence electrons. The summed E-state index contributed by atoms with van der Waals surface area (Å²) in [5.41, 5.74) is 6.11. The fourth-order valence-electron chi connectivity index (χ4n) is 3.50. The molecule has 1 spiro atoms. The predicted octanol–water partition coefficient (Wildman–Crippen LogP) is 5.25. The Morgan fingerprint density at radius 1 is 1.00 bits per heavy atom. The molecule has 1 aromatic heterocycles. The first kappa shape index (κ1) is 14.8. The summed E-state index contributed by atoms with van der Waals surface area (Å²) in [5.74, 6) is 0. The van der Waals surface area contributed by atoms with Gasteiger partial charge >= 0.3 is 0 Å². The molecule has 2 heterocycles. The van der Waals surface area contributed by atoms with Gasteiger partial charge in [-0.1, -0.05) is 52.3 Å². The Labute approximate surface area is 145 Å². The molecule has 3 heteroatoms. The third kappa shape index (κ3) is 2.78. The van der Waals surface area contributed by atoms with Gasteiger partial charge in [-0.3, -0.25) is 0 Å². The van der Waals surface area contributed by atoms with Crippen LogP contribution in [0.25, 0.3) is 10.9 Å².